The van der Waals surface area contributed by atoms with Gasteiger partial charge < -0.3 is 48.6 Å². The number of H-pyrrole nitrogens is 1. The Labute approximate surface area is 250 Å². The molecule has 2 aliphatic heterocycles. The van der Waals surface area contributed by atoms with E-state index < -0.39 is 66.8 Å². The van der Waals surface area contributed by atoms with Crippen LogP contribution in [0.15, 0.2) is 17.8 Å². The lowest BCUT2D eigenvalue weighted by atomic mass is 10.1. The molecule has 5 heterocycles. The van der Waals surface area contributed by atoms with Gasteiger partial charge in [0.2, 0.25) is 6.29 Å². The number of phosphoric acid groups is 3. The number of hydrogen-bond acceptors (Lipinski definition) is 17. The van der Waals surface area contributed by atoms with E-state index in [2.05, 4.69) is 33.4 Å². The highest BCUT2D eigenvalue weighted by atomic mass is 32.1. The van der Waals surface area contributed by atoms with E-state index >= 15 is 0 Å². The van der Waals surface area contributed by atoms with Gasteiger partial charge in [-0.05, 0) is 30.9 Å². The minimum Gasteiger partial charge on any atom is -0.756 e. The van der Waals surface area contributed by atoms with Gasteiger partial charge in [0, 0.05) is 4.88 Å². The van der Waals surface area contributed by atoms with Crippen LogP contribution in [-0.4, -0.2) is 61.5 Å². The van der Waals surface area contributed by atoms with Gasteiger partial charge in [0.25, 0.3) is 29.4 Å². The van der Waals surface area contributed by atoms with Gasteiger partial charge in [-0.15, -0.1) is 11.3 Å². The maximum absolute atomic E-state index is 12.9. The van der Waals surface area contributed by atoms with E-state index in [1.807, 2.05) is 18.4 Å². The molecule has 3 aromatic heterocycles. The summed E-state index contributed by atoms with van der Waals surface area (Å²) in [5.41, 5.74) is 1.65. The molecule has 19 nitrogen and oxygen atoms in total. The second-order valence-corrected chi connectivity index (χ2v) is 14.8. The molecule has 8 unspecified atom stereocenters. The van der Waals surface area contributed by atoms with Crippen molar-refractivity contribution in [3.63, 3.8) is 0 Å². The number of aromatic nitrogens is 4. The highest BCUT2D eigenvalue weighted by Crippen LogP contribution is 2.61. The molecule has 0 saturated carbocycles. The van der Waals surface area contributed by atoms with E-state index in [0.717, 1.165) is 10.4 Å². The Bertz CT molecular complexity index is 1740. The zero-order chi connectivity index (χ0) is 31.3. The van der Waals surface area contributed by atoms with Crippen molar-refractivity contribution in [2.24, 2.45) is 0 Å². The Morgan fingerprint density at radius 2 is 1.91 bits per heavy atom. The summed E-state index contributed by atoms with van der Waals surface area (Å²) in [5, 5.41) is 4.57. The first-order valence-corrected chi connectivity index (χ1v) is 17.7. The summed E-state index contributed by atoms with van der Waals surface area (Å²) in [6.07, 6.45) is -4.74. The maximum Gasteiger partial charge on any atom is 0.280 e. The van der Waals surface area contributed by atoms with E-state index in [9.17, 15) is 33.2 Å². The first-order chi connectivity index (χ1) is 20.0. The summed E-state index contributed by atoms with van der Waals surface area (Å²) in [7, 11) is -17.9. The number of nitrogens with one attached hydrogen (secondary N) is 2. The van der Waals surface area contributed by atoms with Crippen LogP contribution in [0.2, 0.25) is 0 Å². The Hall–Kier alpha value is -1.77. The van der Waals surface area contributed by atoms with Gasteiger partial charge in [-0.2, -0.15) is 0 Å². The van der Waals surface area contributed by atoms with Crippen molar-refractivity contribution in [1.82, 2.24) is 24.8 Å². The van der Waals surface area contributed by atoms with Crippen LogP contribution < -0.4 is 20.0 Å². The van der Waals surface area contributed by atoms with Crippen LogP contribution in [0.5, 0.6) is 0 Å². The van der Waals surface area contributed by atoms with E-state index in [-0.39, 0.29) is 11.2 Å². The predicted octanol–water partition coefficient (Wildman–Crippen LogP) is -0.0616. The molecule has 0 aromatic carbocycles. The number of nitrogens with zero attached hydrogens (tertiary/aromatic N) is 3. The van der Waals surface area contributed by atoms with Crippen molar-refractivity contribution in [2.75, 3.05) is 6.61 Å². The summed E-state index contributed by atoms with van der Waals surface area (Å²) in [4.78, 5) is 68.2. The highest BCUT2D eigenvalue weighted by molar-refractivity contribution is 7.71. The first kappa shape index (κ1) is 32.6. The van der Waals surface area contributed by atoms with E-state index in [1.54, 1.807) is 6.92 Å². The second-order valence-electron chi connectivity index (χ2n) is 9.14. The summed E-state index contributed by atoms with van der Waals surface area (Å²) in [6, 6.07) is 1.89. The van der Waals surface area contributed by atoms with Crippen molar-refractivity contribution >= 4 is 64.1 Å². The maximum atomic E-state index is 12.9. The van der Waals surface area contributed by atoms with Crippen LogP contribution in [0.25, 0.3) is 11.2 Å². The molecule has 5 rings (SSSR count). The second kappa shape index (κ2) is 12.2. The average Bonchev–Trinajstić information content (AvgIpc) is 3.63. The summed E-state index contributed by atoms with van der Waals surface area (Å²) in [6.45, 7) is 2.79. The number of thiophene rings is 1. The van der Waals surface area contributed by atoms with Crippen LogP contribution in [-0.2, 0) is 52.4 Å². The molecule has 0 radical (unpaired) electrons. The first-order valence-electron chi connectivity index (χ1n) is 12.0. The van der Waals surface area contributed by atoms with Crippen molar-refractivity contribution in [3.05, 3.63) is 38.7 Å². The molecule has 3 N–H and O–H groups in total. The number of carbonyl (C=O) groups excluding carboxylic acids is 1. The van der Waals surface area contributed by atoms with E-state index in [0.29, 0.717) is 17.0 Å². The lowest BCUT2D eigenvalue weighted by molar-refractivity contribution is -0.250. The van der Waals surface area contributed by atoms with Crippen molar-refractivity contribution in [2.45, 2.75) is 51.2 Å². The Kier molecular flexibility index (Phi) is 9.26. The van der Waals surface area contributed by atoms with Crippen molar-refractivity contribution in [1.29, 1.82) is 0 Å². The topological polar surface area (TPSA) is 272 Å². The third-order valence-corrected chi connectivity index (χ3v) is 11.1. The molecule has 0 aliphatic carbocycles. The predicted molar refractivity (Wildman–Crippen MR) is 139 cm³/mol. The fourth-order valence-corrected chi connectivity index (χ4v) is 8.37. The number of rotatable bonds is 11. The smallest absolute Gasteiger partial charge is 0.280 e. The number of imidazole rings is 1. The zero-order valence-electron chi connectivity index (χ0n) is 21.8. The molecule has 1 amide bonds. The molecule has 0 spiro atoms. The molecule has 2 fully saturated rings. The Morgan fingerprint density at radius 1 is 1.19 bits per heavy atom. The highest BCUT2D eigenvalue weighted by Gasteiger charge is 2.55. The van der Waals surface area contributed by atoms with Gasteiger partial charge >= 0.3 is 0 Å². The molecular formula is C19H21N5O14P3S2-3. The lowest BCUT2D eigenvalue weighted by Crippen LogP contribution is -2.37. The third kappa shape index (κ3) is 7.55. The largest absolute Gasteiger partial charge is 0.756 e. The molecule has 24 heteroatoms. The van der Waals surface area contributed by atoms with E-state index in [4.69, 9.17) is 31.3 Å². The Balaban J connectivity index is 1.36. The van der Waals surface area contributed by atoms with Gasteiger partial charge in [0.15, 0.2) is 10.9 Å². The number of fused-ring (bicyclic) bond motifs is 2. The fourth-order valence-electron chi connectivity index (χ4n) is 4.34. The number of ether oxygens (including phenoxy) is 3. The number of aryl methyl sites for hydroxylation is 2. The van der Waals surface area contributed by atoms with Crippen LogP contribution >= 0.6 is 47.0 Å². The molecule has 0 bridgehead atoms. The van der Waals surface area contributed by atoms with Gasteiger partial charge in [-0.3, -0.25) is 23.1 Å². The molecule has 236 valence electrons. The standard InChI is InChI=1S/C19H24N5O14P3S2/c1-8-3-4-43-11(8)5-20-16(25)19-35-13-10(6-33-40(29,30)38-41(31,32)37-39(26,27)28)34-18(14(13)36-19)24-7-21-12-15(24)22-9(2)23-17(12)42/h3-4,7,10,13-14,18-19H,5-6H2,1-2H3,(H,20,25)(H,29,30)(H,31,32)(H,22,23,42)(H2,26,27,28)/p-3. The number of phosphoric ester groups is 1. The van der Waals surface area contributed by atoms with Crippen LogP contribution in [0.1, 0.15) is 22.5 Å². The average molecular weight is 700 g/mol. The van der Waals surface area contributed by atoms with Crippen molar-refractivity contribution < 1.29 is 65.4 Å². The number of aromatic amines is 1. The van der Waals surface area contributed by atoms with Gasteiger partial charge in [-0.25, -0.2) is 18.6 Å². The summed E-state index contributed by atoms with van der Waals surface area (Å²) in [5.74, 6) is -0.193. The van der Waals surface area contributed by atoms with Gasteiger partial charge in [0.05, 0.1) is 19.5 Å². The fraction of sp³-hybridized carbons (Fsp3) is 0.474. The minimum atomic E-state index is -6.12. The number of hydrogen-bond donors (Lipinski definition) is 3. The molecule has 43 heavy (non-hydrogen) atoms. The minimum absolute atomic E-state index is 0.184. The summed E-state index contributed by atoms with van der Waals surface area (Å²) >= 11 is 6.71. The lowest BCUT2D eigenvalue weighted by Gasteiger charge is -2.33. The normalized spacial score (nSPS) is 27.8. The molecule has 3 aromatic rings. The molecule has 8 atom stereocenters. The number of amides is 1. The molecular weight excluding hydrogens is 679 g/mol. The quantitative estimate of drug-likeness (QED) is 0.174. The Morgan fingerprint density at radius 3 is 2.58 bits per heavy atom. The SMILES string of the molecule is Cc1nc(=S)c2ncn(C3OC(COP(=O)([O-])OP(=O)([O-])OP(=O)([O-])O)C4OC(C(=O)NCc5sccc5C)OC43)c2[nH]1. The van der Waals surface area contributed by atoms with Gasteiger partial charge in [0.1, 0.15) is 35.3 Å². The van der Waals surface area contributed by atoms with Crippen LogP contribution in [0.3, 0.4) is 0 Å². The molecule has 2 saturated heterocycles. The van der Waals surface area contributed by atoms with Crippen LogP contribution in [0.4, 0.5) is 0 Å². The summed E-state index contributed by atoms with van der Waals surface area (Å²) < 4.78 is 65.2. The van der Waals surface area contributed by atoms with Crippen LogP contribution in [0, 0.1) is 18.5 Å². The van der Waals surface area contributed by atoms with Gasteiger partial charge in [-0.1, -0.05) is 12.2 Å². The zero-order valence-corrected chi connectivity index (χ0v) is 26.1. The monoisotopic (exact) mass is 700 g/mol. The van der Waals surface area contributed by atoms with E-state index in [1.165, 1.54) is 22.2 Å². The molecule has 2 aliphatic rings. The van der Waals surface area contributed by atoms with Crippen molar-refractivity contribution in [3.8, 4) is 0 Å². The number of carbonyl (C=O) groups is 1. The third-order valence-electron chi connectivity index (χ3n) is 6.09.